The number of halogens is 1. The van der Waals surface area contributed by atoms with Crippen LogP contribution in [0.2, 0.25) is 0 Å². The standard InChI is InChI=1S/C17H17FN6OS/c1-9-8-23(17(25)12-4-6-13(18)7-5-12)10(2)14-20-21-15(24(9)14)16-19-11(3)22-26-16/h4-7,9-10H,8H2,1-3H3/t9-,10-/m1/s1. The summed E-state index contributed by atoms with van der Waals surface area (Å²) in [7, 11) is 0. The van der Waals surface area contributed by atoms with E-state index in [0.29, 0.717) is 29.6 Å². The minimum atomic E-state index is -0.363. The molecule has 3 heterocycles. The Balaban J connectivity index is 1.69. The van der Waals surface area contributed by atoms with Gasteiger partial charge in [0.1, 0.15) is 11.6 Å². The normalized spacial score (nSPS) is 19.5. The second-order valence-corrected chi connectivity index (χ2v) is 7.14. The van der Waals surface area contributed by atoms with Crippen molar-refractivity contribution >= 4 is 17.4 Å². The van der Waals surface area contributed by atoms with Crippen molar-refractivity contribution in [3.05, 3.63) is 47.3 Å². The summed E-state index contributed by atoms with van der Waals surface area (Å²) in [6.45, 7) is 6.28. The predicted molar refractivity (Wildman–Crippen MR) is 94.2 cm³/mol. The van der Waals surface area contributed by atoms with Crippen molar-refractivity contribution in [3.63, 3.8) is 0 Å². The summed E-state index contributed by atoms with van der Waals surface area (Å²) in [5.74, 6) is 1.58. The summed E-state index contributed by atoms with van der Waals surface area (Å²) in [6, 6.07) is 5.33. The Morgan fingerprint density at radius 2 is 1.96 bits per heavy atom. The number of amides is 1. The predicted octanol–water partition coefficient (Wildman–Crippen LogP) is 3.02. The maximum Gasteiger partial charge on any atom is 0.254 e. The van der Waals surface area contributed by atoms with E-state index in [1.165, 1.54) is 35.8 Å². The Kier molecular flexibility index (Phi) is 4.03. The van der Waals surface area contributed by atoms with Gasteiger partial charge in [-0.3, -0.25) is 4.79 Å². The van der Waals surface area contributed by atoms with Gasteiger partial charge in [-0.2, -0.15) is 4.37 Å². The molecule has 0 unspecified atom stereocenters. The summed E-state index contributed by atoms with van der Waals surface area (Å²) in [5.41, 5.74) is 0.457. The molecule has 1 amide bonds. The van der Waals surface area contributed by atoms with Crippen LogP contribution in [0.25, 0.3) is 10.8 Å². The summed E-state index contributed by atoms with van der Waals surface area (Å²) in [5, 5.41) is 9.33. The molecule has 134 valence electrons. The molecule has 0 spiro atoms. The van der Waals surface area contributed by atoms with Crippen LogP contribution < -0.4 is 0 Å². The quantitative estimate of drug-likeness (QED) is 0.691. The van der Waals surface area contributed by atoms with Crippen molar-refractivity contribution in [2.45, 2.75) is 32.9 Å². The number of hydrogen-bond acceptors (Lipinski definition) is 6. The highest BCUT2D eigenvalue weighted by atomic mass is 32.1. The first-order valence-corrected chi connectivity index (χ1v) is 9.05. The summed E-state index contributed by atoms with van der Waals surface area (Å²) in [6.07, 6.45) is 0. The lowest BCUT2D eigenvalue weighted by molar-refractivity contribution is 0.0604. The second kappa shape index (κ2) is 6.24. The molecule has 1 aliphatic rings. The van der Waals surface area contributed by atoms with Crippen LogP contribution in [0.4, 0.5) is 4.39 Å². The molecule has 2 aromatic heterocycles. The SMILES string of the molecule is Cc1nsc(-c2nnc3n2[C@H](C)CN(C(=O)c2ccc(F)cc2)[C@@H]3C)n1. The van der Waals surface area contributed by atoms with Gasteiger partial charge in [0.05, 0.1) is 12.1 Å². The van der Waals surface area contributed by atoms with Crippen molar-refractivity contribution in [2.75, 3.05) is 6.54 Å². The van der Waals surface area contributed by atoms with Gasteiger partial charge in [-0.1, -0.05) is 0 Å². The zero-order chi connectivity index (χ0) is 18.4. The van der Waals surface area contributed by atoms with E-state index in [1.54, 1.807) is 4.90 Å². The smallest absolute Gasteiger partial charge is 0.254 e. The minimum Gasteiger partial charge on any atom is -0.327 e. The molecule has 0 radical (unpaired) electrons. The first-order chi connectivity index (χ1) is 12.5. The van der Waals surface area contributed by atoms with Crippen LogP contribution in [0.3, 0.4) is 0 Å². The van der Waals surface area contributed by atoms with E-state index in [9.17, 15) is 9.18 Å². The average Bonchev–Trinajstić information content (AvgIpc) is 3.24. The molecule has 0 saturated carbocycles. The fourth-order valence-corrected chi connectivity index (χ4v) is 3.89. The Bertz CT molecular complexity index is 966. The molecular weight excluding hydrogens is 355 g/mol. The Labute approximate surface area is 153 Å². The number of nitrogens with zero attached hydrogens (tertiary/aromatic N) is 6. The molecule has 2 atom stereocenters. The average molecular weight is 372 g/mol. The third-order valence-electron chi connectivity index (χ3n) is 4.54. The zero-order valence-corrected chi connectivity index (χ0v) is 15.4. The van der Waals surface area contributed by atoms with Crippen LogP contribution in [-0.2, 0) is 0 Å². The fourth-order valence-electron chi connectivity index (χ4n) is 3.24. The lowest BCUT2D eigenvalue weighted by Gasteiger charge is -2.37. The first-order valence-electron chi connectivity index (χ1n) is 8.27. The topological polar surface area (TPSA) is 76.8 Å². The largest absolute Gasteiger partial charge is 0.327 e. The molecule has 0 N–H and O–H groups in total. The number of aromatic nitrogens is 5. The Morgan fingerprint density at radius 3 is 2.62 bits per heavy atom. The molecule has 0 fully saturated rings. The van der Waals surface area contributed by atoms with Crippen molar-refractivity contribution in [1.82, 2.24) is 29.0 Å². The number of fused-ring (bicyclic) bond motifs is 1. The van der Waals surface area contributed by atoms with Crippen LogP contribution in [-0.4, -0.2) is 41.5 Å². The van der Waals surface area contributed by atoms with Gasteiger partial charge >= 0.3 is 0 Å². The van der Waals surface area contributed by atoms with Crippen molar-refractivity contribution in [2.24, 2.45) is 0 Å². The monoisotopic (exact) mass is 372 g/mol. The van der Waals surface area contributed by atoms with E-state index >= 15 is 0 Å². The van der Waals surface area contributed by atoms with Crippen LogP contribution in [0, 0.1) is 12.7 Å². The van der Waals surface area contributed by atoms with Crippen molar-refractivity contribution in [3.8, 4) is 10.8 Å². The Morgan fingerprint density at radius 1 is 1.23 bits per heavy atom. The van der Waals surface area contributed by atoms with E-state index in [1.807, 2.05) is 25.3 Å². The molecule has 7 nitrogen and oxygen atoms in total. The van der Waals surface area contributed by atoms with Crippen LogP contribution >= 0.6 is 11.5 Å². The van der Waals surface area contributed by atoms with E-state index < -0.39 is 0 Å². The summed E-state index contributed by atoms with van der Waals surface area (Å²) in [4.78, 5) is 19.0. The zero-order valence-electron chi connectivity index (χ0n) is 14.5. The van der Waals surface area contributed by atoms with Crippen molar-refractivity contribution < 1.29 is 9.18 Å². The van der Waals surface area contributed by atoms with Gasteiger partial charge < -0.3 is 9.47 Å². The number of carbonyl (C=O) groups is 1. The van der Waals surface area contributed by atoms with E-state index in [4.69, 9.17) is 0 Å². The van der Waals surface area contributed by atoms with Gasteiger partial charge in [-0.15, -0.1) is 10.2 Å². The van der Waals surface area contributed by atoms with Crippen LogP contribution in [0.1, 0.15) is 47.9 Å². The lowest BCUT2D eigenvalue weighted by Crippen LogP contribution is -2.43. The van der Waals surface area contributed by atoms with Crippen molar-refractivity contribution in [1.29, 1.82) is 0 Å². The molecule has 9 heteroatoms. The fraction of sp³-hybridized carbons (Fsp3) is 0.353. The van der Waals surface area contributed by atoms with E-state index in [0.717, 1.165) is 5.01 Å². The number of hydrogen-bond donors (Lipinski definition) is 0. The first kappa shape index (κ1) is 16.8. The number of benzene rings is 1. The van der Waals surface area contributed by atoms with Gasteiger partial charge in [0.15, 0.2) is 16.7 Å². The van der Waals surface area contributed by atoms with Gasteiger partial charge in [0, 0.05) is 12.1 Å². The summed E-state index contributed by atoms with van der Waals surface area (Å²) < 4.78 is 19.4. The van der Waals surface area contributed by atoms with Crippen LogP contribution in [0.5, 0.6) is 0 Å². The molecule has 0 aliphatic carbocycles. The minimum absolute atomic E-state index is 0.0141. The van der Waals surface area contributed by atoms with E-state index in [2.05, 4.69) is 19.6 Å². The number of rotatable bonds is 2. The molecule has 26 heavy (non-hydrogen) atoms. The molecule has 1 aromatic carbocycles. The van der Waals surface area contributed by atoms with Gasteiger partial charge in [-0.05, 0) is 56.6 Å². The Hall–Kier alpha value is -2.68. The highest BCUT2D eigenvalue weighted by molar-refractivity contribution is 7.09. The van der Waals surface area contributed by atoms with Gasteiger partial charge in [0.2, 0.25) is 0 Å². The molecular formula is C17H17FN6OS. The van der Waals surface area contributed by atoms with Gasteiger partial charge in [0.25, 0.3) is 5.91 Å². The third-order valence-corrected chi connectivity index (χ3v) is 5.34. The molecule has 3 aromatic rings. The molecule has 0 saturated heterocycles. The maximum absolute atomic E-state index is 13.1. The number of carbonyl (C=O) groups excluding carboxylic acids is 1. The maximum atomic E-state index is 13.1. The van der Waals surface area contributed by atoms with Gasteiger partial charge in [-0.25, -0.2) is 9.37 Å². The number of aryl methyl sites for hydroxylation is 1. The highest BCUT2D eigenvalue weighted by Gasteiger charge is 2.36. The molecule has 0 bridgehead atoms. The highest BCUT2D eigenvalue weighted by Crippen LogP contribution is 2.34. The summed E-state index contributed by atoms with van der Waals surface area (Å²) >= 11 is 1.29. The molecule has 4 rings (SSSR count). The third kappa shape index (κ3) is 2.68. The van der Waals surface area contributed by atoms with E-state index in [-0.39, 0.29) is 23.8 Å². The molecule has 1 aliphatic heterocycles. The second-order valence-electron chi connectivity index (χ2n) is 6.39. The van der Waals surface area contributed by atoms with Crippen LogP contribution in [0.15, 0.2) is 24.3 Å². The lowest BCUT2D eigenvalue weighted by atomic mass is 10.1.